The molecule has 2 rings (SSSR count). The lowest BCUT2D eigenvalue weighted by atomic mass is 10.2. The zero-order chi connectivity index (χ0) is 11.4. The number of imidazole rings is 1. The second-order valence-electron chi connectivity index (χ2n) is 4.09. The van der Waals surface area contributed by atoms with Crippen LogP contribution in [-0.4, -0.2) is 45.2 Å². The number of hydrogen-bond donors (Lipinski definition) is 5. The Kier molecular flexibility index (Phi) is 3.89. The van der Waals surface area contributed by atoms with E-state index in [-0.39, 0.29) is 6.04 Å². The van der Waals surface area contributed by atoms with Gasteiger partial charge in [0, 0.05) is 30.9 Å². The number of aliphatic hydroxyl groups excluding tert-OH is 2. The normalized spacial score (nSPS) is 27.1. The molecule has 1 aromatic heterocycles. The molecule has 1 aliphatic rings. The van der Waals surface area contributed by atoms with Gasteiger partial charge in [0.15, 0.2) is 0 Å². The van der Waals surface area contributed by atoms with Gasteiger partial charge in [-0.3, -0.25) is 10.6 Å². The minimum Gasteiger partial charge on any atom is -0.379 e. The van der Waals surface area contributed by atoms with E-state index in [1.165, 1.54) is 0 Å². The molecule has 5 N–H and O–H groups in total. The largest absolute Gasteiger partial charge is 0.379 e. The first-order chi connectivity index (χ1) is 7.75. The summed E-state index contributed by atoms with van der Waals surface area (Å²) < 4.78 is 0. The highest BCUT2D eigenvalue weighted by Crippen LogP contribution is 2.12. The quantitative estimate of drug-likeness (QED) is 0.412. The molecule has 16 heavy (non-hydrogen) atoms. The van der Waals surface area contributed by atoms with Crippen molar-refractivity contribution >= 4 is 0 Å². The fourth-order valence-corrected chi connectivity index (χ4v) is 1.92. The average Bonchev–Trinajstić information content (AvgIpc) is 2.89. The zero-order valence-corrected chi connectivity index (χ0v) is 9.06. The van der Waals surface area contributed by atoms with E-state index < -0.39 is 12.5 Å². The summed E-state index contributed by atoms with van der Waals surface area (Å²) in [5.41, 5.74) is 1.04. The number of hydrogen-bond acceptors (Lipinski definition) is 5. The maximum absolute atomic E-state index is 9.78. The van der Waals surface area contributed by atoms with E-state index in [2.05, 4.69) is 20.6 Å². The molecule has 6 heteroatoms. The molecule has 0 spiro atoms. The number of rotatable bonds is 5. The predicted molar refractivity (Wildman–Crippen MR) is 58.5 cm³/mol. The van der Waals surface area contributed by atoms with Gasteiger partial charge in [0.25, 0.3) is 0 Å². The van der Waals surface area contributed by atoms with Gasteiger partial charge in [0.1, 0.15) is 12.5 Å². The van der Waals surface area contributed by atoms with E-state index in [0.717, 1.165) is 18.5 Å². The third-order valence-electron chi connectivity index (χ3n) is 2.84. The van der Waals surface area contributed by atoms with E-state index >= 15 is 0 Å². The molecule has 0 radical (unpaired) electrons. The molecule has 1 aliphatic heterocycles. The number of aromatic nitrogens is 2. The van der Waals surface area contributed by atoms with Crippen LogP contribution in [0.15, 0.2) is 12.5 Å². The van der Waals surface area contributed by atoms with Gasteiger partial charge in [-0.15, -0.1) is 0 Å². The van der Waals surface area contributed by atoms with Crippen LogP contribution in [0, 0.1) is 0 Å². The molecule has 1 fully saturated rings. The van der Waals surface area contributed by atoms with Crippen LogP contribution in [-0.2, 0) is 6.42 Å². The average molecular weight is 226 g/mol. The lowest BCUT2D eigenvalue weighted by molar-refractivity contribution is 0.0819. The molecule has 6 nitrogen and oxygen atoms in total. The van der Waals surface area contributed by atoms with Crippen LogP contribution in [0.1, 0.15) is 18.5 Å². The van der Waals surface area contributed by atoms with Crippen molar-refractivity contribution in [3.63, 3.8) is 0 Å². The Morgan fingerprint density at radius 3 is 3.06 bits per heavy atom. The summed E-state index contributed by atoms with van der Waals surface area (Å²) in [6, 6.07) is -0.0585. The van der Waals surface area contributed by atoms with Crippen LogP contribution < -0.4 is 10.6 Å². The van der Waals surface area contributed by atoms with Crippen LogP contribution in [0.3, 0.4) is 0 Å². The van der Waals surface area contributed by atoms with Crippen LogP contribution in [0.25, 0.3) is 0 Å². The topological polar surface area (TPSA) is 93.2 Å². The Morgan fingerprint density at radius 2 is 2.44 bits per heavy atom. The first-order valence-electron chi connectivity index (χ1n) is 5.58. The number of nitrogens with zero attached hydrogens (tertiary/aromatic N) is 1. The molecule has 0 bridgehead atoms. The summed E-state index contributed by atoms with van der Waals surface area (Å²) in [7, 11) is 0. The molecule has 1 saturated heterocycles. The predicted octanol–water partition coefficient (Wildman–Crippen LogP) is -1.07. The van der Waals surface area contributed by atoms with E-state index in [4.69, 9.17) is 0 Å². The van der Waals surface area contributed by atoms with Crippen LogP contribution in [0.2, 0.25) is 0 Å². The van der Waals surface area contributed by atoms with Crippen molar-refractivity contribution in [3.8, 4) is 0 Å². The highest BCUT2D eigenvalue weighted by atomic mass is 16.3. The molecule has 3 unspecified atom stereocenters. The maximum atomic E-state index is 9.78. The van der Waals surface area contributed by atoms with Gasteiger partial charge < -0.3 is 15.2 Å². The molecule has 90 valence electrons. The Labute approximate surface area is 94.1 Å². The molecular weight excluding hydrogens is 208 g/mol. The van der Waals surface area contributed by atoms with Gasteiger partial charge >= 0.3 is 0 Å². The van der Waals surface area contributed by atoms with Crippen LogP contribution in [0.4, 0.5) is 0 Å². The van der Waals surface area contributed by atoms with Crippen molar-refractivity contribution in [1.82, 2.24) is 20.6 Å². The molecule has 1 aromatic rings. The molecule has 3 atom stereocenters. The monoisotopic (exact) mass is 226 g/mol. The molecule has 0 amide bonds. The maximum Gasteiger partial charge on any atom is 0.120 e. The van der Waals surface area contributed by atoms with Crippen molar-refractivity contribution in [3.05, 3.63) is 18.2 Å². The van der Waals surface area contributed by atoms with Gasteiger partial charge in [0.2, 0.25) is 0 Å². The van der Waals surface area contributed by atoms with Gasteiger partial charge in [-0.1, -0.05) is 0 Å². The Bertz CT molecular complexity index is 304. The van der Waals surface area contributed by atoms with Crippen molar-refractivity contribution in [2.45, 2.75) is 37.8 Å². The summed E-state index contributed by atoms with van der Waals surface area (Å²) in [4.78, 5) is 6.92. The summed E-state index contributed by atoms with van der Waals surface area (Å²) in [6.07, 6.45) is 4.61. The molecule has 2 heterocycles. The second-order valence-corrected chi connectivity index (χ2v) is 4.09. The van der Waals surface area contributed by atoms with E-state index in [9.17, 15) is 10.2 Å². The minimum atomic E-state index is -0.611. The van der Waals surface area contributed by atoms with Gasteiger partial charge in [-0.25, -0.2) is 4.98 Å². The highest BCUT2D eigenvalue weighted by Gasteiger charge is 2.27. The summed E-state index contributed by atoms with van der Waals surface area (Å²) in [5.74, 6) is 0. The van der Waals surface area contributed by atoms with E-state index in [0.29, 0.717) is 13.0 Å². The number of nitrogens with one attached hydrogen (secondary N) is 3. The Balaban J connectivity index is 1.66. The minimum absolute atomic E-state index is 0.0585. The molecular formula is C10H18N4O2. The highest BCUT2D eigenvalue weighted by molar-refractivity contribution is 4.94. The van der Waals surface area contributed by atoms with Crippen LogP contribution >= 0.6 is 0 Å². The first-order valence-corrected chi connectivity index (χ1v) is 5.58. The number of aromatic amines is 1. The van der Waals surface area contributed by atoms with Crippen molar-refractivity contribution in [2.24, 2.45) is 0 Å². The Hall–Kier alpha value is -0.950. The smallest absolute Gasteiger partial charge is 0.120 e. The van der Waals surface area contributed by atoms with Crippen molar-refractivity contribution in [1.29, 1.82) is 0 Å². The standard InChI is InChI=1S/C10H18N4O2/c15-9-2-1-8(14-9)10(16)12-4-3-7-5-11-6-13-7/h5-6,8-10,12,14-16H,1-4H2,(H,11,13). The van der Waals surface area contributed by atoms with Crippen LogP contribution in [0.5, 0.6) is 0 Å². The zero-order valence-electron chi connectivity index (χ0n) is 9.06. The third-order valence-corrected chi connectivity index (χ3v) is 2.84. The van der Waals surface area contributed by atoms with Crippen molar-refractivity contribution in [2.75, 3.05) is 6.54 Å². The first kappa shape index (κ1) is 11.5. The summed E-state index contributed by atoms with van der Waals surface area (Å²) >= 11 is 0. The van der Waals surface area contributed by atoms with E-state index in [1.807, 2.05) is 0 Å². The van der Waals surface area contributed by atoms with Gasteiger partial charge in [0.05, 0.1) is 6.33 Å². The lowest BCUT2D eigenvalue weighted by Gasteiger charge is -2.19. The fraction of sp³-hybridized carbons (Fsp3) is 0.700. The molecule has 0 saturated carbocycles. The lowest BCUT2D eigenvalue weighted by Crippen LogP contribution is -2.47. The number of aliphatic hydroxyl groups is 2. The Morgan fingerprint density at radius 1 is 1.56 bits per heavy atom. The van der Waals surface area contributed by atoms with E-state index in [1.54, 1.807) is 12.5 Å². The third kappa shape index (κ3) is 3.02. The van der Waals surface area contributed by atoms with Gasteiger partial charge in [-0.2, -0.15) is 0 Å². The SMILES string of the molecule is OC1CCC(C(O)NCCc2cnc[nH]2)N1. The van der Waals surface area contributed by atoms with Gasteiger partial charge in [-0.05, 0) is 12.8 Å². The summed E-state index contributed by atoms with van der Waals surface area (Å²) in [5, 5.41) is 25.0. The fourth-order valence-electron chi connectivity index (χ4n) is 1.92. The summed E-state index contributed by atoms with van der Waals surface area (Å²) in [6.45, 7) is 0.678. The second kappa shape index (κ2) is 5.40. The number of H-pyrrole nitrogens is 1. The van der Waals surface area contributed by atoms with Crippen molar-refractivity contribution < 1.29 is 10.2 Å². The molecule has 0 aromatic carbocycles. The molecule has 0 aliphatic carbocycles.